The lowest BCUT2D eigenvalue weighted by atomic mass is 10.3. The van der Waals surface area contributed by atoms with Crippen molar-refractivity contribution in [2.75, 3.05) is 11.6 Å². The van der Waals surface area contributed by atoms with Crippen LogP contribution in [0.5, 0.6) is 0 Å². The third kappa shape index (κ3) is 3.52. The number of hydrazine groups is 1. The van der Waals surface area contributed by atoms with Crippen LogP contribution in [0.4, 0.5) is 5.69 Å². The molecule has 2 N–H and O–H groups in total. The van der Waals surface area contributed by atoms with Gasteiger partial charge in [0.1, 0.15) is 6.54 Å². The van der Waals surface area contributed by atoms with Crippen molar-refractivity contribution in [3.8, 4) is 0 Å². The minimum Gasteiger partial charge on any atom is -0.345 e. The Balaban J connectivity index is 1.66. The summed E-state index contributed by atoms with van der Waals surface area (Å²) < 4.78 is 0. The Kier molecular flexibility index (Phi) is 4.28. The summed E-state index contributed by atoms with van der Waals surface area (Å²) in [6.45, 7) is 0.268. The molecule has 2 aromatic rings. The fourth-order valence-electron chi connectivity index (χ4n) is 2.10. The molecule has 1 aromatic heterocycles. The number of benzene rings is 1. The van der Waals surface area contributed by atoms with Gasteiger partial charge in [0.15, 0.2) is 0 Å². The number of carbonyl (C=O) groups excluding carboxylic acids is 2. The van der Waals surface area contributed by atoms with E-state index in [9.17, 15) is 9.59 Å². The zero-order valence-electron chi connectivity index (χ0n) is 12.3. The summed E-state index contributed by atoms with van der Waals surface area (Å²) in [6, 6.07) is 12.7. The van der Waals surface area contributed by atoms with Crippen molar-refractivity contribution < 1.29 is 9.59 Å². The molecular weight excluding hydrogens is 294 g/mol. The number of hydrogen-bond donors (Lipinski definition) is 2. The Morgan fingerprint density at radius 1 is 1.22 bits per heavy atom. The van der Waals surface area contributed by atoms with Gasteiger partial charge in [0.05, 0.1) is 5.69 Å². The lowest BCUT2D eigenvalue weighted by Crippen LogP contribution is -2.55. The zero-order chi connectivity index (χ0) is 16.1. The maximum atomic E-state index is 12.2. The fraction of sp³-hybridized carbons (Fsp3) is 0.125. The van der Waals surface area contributed by atoms with E-state index in [0.29, 0.717) is 12.2 Å². The summed E-state index contributed by atoms with van der Waals surface area (Å²) in [7, 11) is 0. The van der Waals surface area contributed by atoms with Crippen LogP contribution in [-0.4, -0.2) is 29.2 Å². The van der Waals surface area contributed by atoms with Crippen LogP contribution in [0, 0.1) is 0 Å². The highest BCUT2D eigenvalue weighted by molar-refractivity contribution is 6.39. The second-order valence-electron chi connectivity index (χ2n) is 4.89. The minimum absolute atomic E-state index is 0.0719. The first-order valence-electron chi connectivity index (χ1n) is 7.10. The van der Waals surface area contributed by atoms with Crippen molar-refractivity contribution in [1.29, 1.82) is 0 Å². The SMILES string of the molecule is O=C(NCc1cccnc1)C1=NCC(=O)N(c2ccccc2)N1. The molecule has 0 saturated carbocycles. The first-order valence-corrected chi connectivity index (χ1v) is 7.10. The standard InChI is InChI=1S/C16H15N5O2/c22-14-11-18-15(20-21(14)13-6-2-1-3-7-13)16(23)19-10-12-5-4-8-17-9-12/h1-9H,10-11H2,(H,18,20)(H,19,23). The number of nitrogens with zero attached hydrogens (tertiary/aromatic N) is 3. The molecule has 116 valence electrons. The molecule has 0 unspecified atom stereocenters. The van der Waals surface area contributed by atoms with Crippen LogP contribution in [0.25, 0.3) is 0 Å². The summed E-state index contributed by atoms with van der Waals surface area (Å²) in [6.07, 6.45) is 3.34. The summed E-state index contributed by atoms with van der Waals surface area (Å²) >= 11 is 0. The summed E-state index contributed by atoms with van der Waals surface area (Å²) in [5.74, 6) is -0.486. The quantitative estimate of drug-likeness (QED) is 0.868. The molecule has 0 aliphatic carbocycles. The lowest BCUT2D eigenvalue weighted by molar-refractivity contribution is -0.118. The maximum absolute atomic E-state index is 12.2. The Morgan fingerprint density at radius 3 is 2.78 bits per heavy atom. The predicted octanol–water partition coefficient (Wildman–Crippen LogP) is 0.648. The second kappa shape index (κ2) is 6.69. The molecule has 2 amide bonds. The van der Waals surface area contributed by atoms with E-state index in [-0.39, 0.29) is 24.2 Å². The van der Waals surface area contributed by atoms with Gasteiger partial charge in [-0.05, 0) is 23.8 Å². The van der Waals surface area contributed by atoms with Crippen LogP contribution in [0.15, 0.2) is 59.9 Å². The Hall–Kier alpha value is -3.22. The molecule has 0 fully saturated rings. The van der Waals surface area contributed by atoms with Gasteiger partial charge < -0.3 is 5.32 Å². The van der Waals surface area contributed by atoms with Gasteiger partial charge in [-0.3, -0.25) is 25.0 Å². The van der Waals surface area contributed by atoms with E-state index in [1.807, 2.05) is 24.3 Å². The topological polar surface area (TPSA) is 86.7 Å². The van der Waals surface area contributed by atoms with E-state index in [0.717, 1.165) is 5.56 Å². The van der Waals surface area contributed by atoms with Crippen molar-refractivity contribution in [2.24, 2.45) is 4.99 Å². The molecule has 1 aromatic carbocycles. The molecule has 7 nitrogen and oxygen atoms in total. The molecule has 2 heterocycles. The molecule has 23 heavy (non-hydrogen) atoms. The van der Waals surface area contributed by atoms with Crippen LogP contribution >= 0.6 is 0 Å². The predicted molar refractivity (Wildman–Crippen MR) is 85.4 cm³/mol. The van der Waals surface area contributed by atoms with Crippen molar-refractivity contribution in [2.45, 2.75) is 6.54 Å². The number of aliphatic imine (C=N–C) groups is 1. The van der Waals surface area contributed by atoms with E-state index in [4.69, 9.17) is 0 Å². The number of hydrogen-bond acceptors (Lipinski definition) is 5. The lowest BCUT2D eigenvalue weighted by Gasteiger charge is -2.27. The van der Waals surface area contributed by atoms with Crippen molar-refractivity contribution in [3.63, 3.8) is 0 Å². The van der Waals surface area contributed by atoms with Crippen LogP contribution in [0.2, 0.25) is 0 Å². The van der Waals surface area contributed by atoms with E-state index in [1.165, 1.54) is 5.01 Å². The number of rotatable bonds is 4. The average molecular weight is 309 g/mol. The van der Waals surface area contributed by atoms with Gasteiger partial charge in [-0.1, -0.05) is 24.3 Å². The number of para-hydroxylation sites is 1. The van der Waals surface area contributed by atoms with Gasteiger partial charge in [0, 0.05) is 18.9 Å². The Bertz CT molecular complexity index is 731. The van der Waals surface area contributed by atoms with Crippen LogP contribution in [0.3, 0.4) is 0 Å². The summed E-state index contributed by atoms with van der Waals surface area (Å²) in [5, 5.41) is 4.07. The number of nitrogens with one attached hydrogen (secondary N) is 2. The molecular formula is C16H15N5O2. The second-order valence-corrected chi connectivity index (χ2v) is 4.89. The minimum atomic E-state index is -0.373. The molecule has 0 radical (unpaired) electrons. The molecule has 0 saturated heterocycles. The average Bonchev–Trinajstić information content (AvgIpc) is 2.62. The van der Waals surface area contributed by atoms with E-state index >= 15 is 0 Å². The van der Waals surface area contributed by atoms with Crippen molar-refractivity contribution in [1.82, 2.24) is 15.7 Å². The largest absolute Gasteiger partial charge is 0.345 e. The fourth-order valence-corrected chi connectivity index (χ4v) is 2.10. The monoisotopic (exact) mass is 309 g/mol. The number of aromatic nitrogens is 1. The van der Waals surface area contributed by atoms with Crippen LogP contribution in [0.1, 0.15) is 5.56 Å². The number of anilines is 1. The van der Waals surface area contributed by atoms with E-state index in [2.05, 4.69) is 20.7 Å². The molecule has 0 atom stereocenters. The number of pyridine rings is 1. The molecule has 1 aliphatic heterocycles. The Labute approximate surface area is 133 Å². The molecule has 1 aliphatic rings. The van der Waals surface area contributed by atoms with Gasteiger partial charge in [-0.25, -0.2) is 5.01 Å². The normalized spacial score (nSPS) is 14.0. The highest BCUT2D eigenvalue weighted by atomic mass is 16.2. The molecule has 0 spiro atoms. The number of carbonyl (C=O) groups is 2. The van der Waals surface area contributed by atoms with Gasteiger partial charge in [-0.2, -0.15) is 0 Å². The zero-order valence-corrected chi connectivity index (χ0v) is 12.3. The first kappa shape index (κ1) is 14.7. The number of amidine groups is 1. The number of amides is 2. The van der Waals surface area contributed by atoms with E-state index < -0.39 is 0 Å². The maximum Gasteiger partial charge on any atom is 0.288 e. The van der Waals surface area contributed by atoms with Crippen LogP contribution in [-0.2, 0) is 16.1 Å². The highest BCUT2D eigenvalue weighted by Crippen LogP contribution is 2.13. The molecule has 7 heteroatoms. The molecule has 3 rings (SSSR count). The van der Waals surface area contributed by atoms with Gasteiger partial charge in [0.25, 0.3) is 11.8 Å². The van der Waals surface area contributed by atoms with Crippen molar-refractivity contribution in [3.05, 3.63) is 60.4 Å². The summed E-state index contributed by atoms with van der Waals surface area (Å²) in [5.41, 5.74) is 4.30. The van der Waals surface area contributed by atoms with Gasteiger partial charge in [0.2, 0.25) is 5.84 Å². The van der Waals surface area contributed by atoms with Crippen LogP contribution < -0.4 is 15.8 Å². The highest BCUT2D eigenvalue weighted by Gasteiger charge is 2.25. The third-order valence-corrected chi connectivity index (χ3v) is 3.24. The Morgan fingerprint density at radius 2 is 2.04 bits per heavy atom. The summed E-state index contributed by atoms with van der Waals surface area (Å²) in [4.78, 5) is 32.1. The third-order valence-electron chi connectivity index (χ3n) is 3.24. The van der Waals surface area contributed by atoms with Gasteiger partial charge in [-0.15, -0.1) is 0 Å². The first-order chi connectivity index (χ1) is 11.2. The van der Waals surface area contributed by atoms with Gasteiger partial charge >= 0.3 is 0 Å². The van der Waals surface area contributed by atoms with E-state index in [1.54, 1.807) is 30.6 Å². The molecule has 0 bridgehead atoms. The smallest absolute Gasteiger partial charge is 0.288 e. The van der Waals surface area contributed by atoms with Crippen molar-refractivity contribution >= 4 is 23.3 Å².